The molecular weight excluding hydrogens is 208 g/mol. The van der Waals surface area contributed by atoms with Crippen molar-refractivity contribution in [2.45, 2.75) is 31.7 Å². The van der Waals surface area contributed by atoms with Gasteiger partial charge in [0.1, 0.15) is 5.76 Å². The number of aromatic nitrogens is 3. The normalized spacial score (nSPS) is 18.4. The molecule has 3 rings (SSSR count). The Labute approximate surface area is 91.8 Å². The van der Waals surface area contributed by atoms with Crippen molar-refractivity contribution < 1.29 is 9.05 Å². The van der Waals surface area contributed by atoms with Gasteiger partial charge in [-0.05, 0) is 26.2 Å². The third-order valence-corrected chi connectivity index (χ3v) is 2.96. The van der Waals surface area contributed by atoms with E-state index in [9.17, 15) is 0 Å². The van der Waals surface area contributed by atoms with E-state index in [0.29, 0.717) is 23.2 Å². The minimum Gasteiger partial charge on any atom is -0.361 e. The van der Waals surface area contributed by atoms with Crippen molar-refractivity contribution in [2.75, 3.05) is 0 Å². The molecule has 2 aromatic rings. The maximum Gasteiger partial charge on any atom is 0.280 e. The summed E-state index contributed by atoms with van der Waals surface area (Å²) in [5.41, 5.74) is 6.24. The van der Waals surface area contributed by atoms with Crippen molar-refractivity contribution in [3.63, 3.8) is 0 Å². The van der Waals surface area contributed by atoms with Gasteiger partial charge in [0.25, 0.3) is 5.89 Å². The fraction of sp³-hybridized carbons (Fsp3) is 0.500. The number of nitrogens with zero attached hydrogens (tertiary/aromatic N) is 3. The Kier molecular flexibility index (Phi) is 1.88. The average molecular weight is 220 g/mol. The van der Waals surface area contributed by atoms with Crippen molar-refractivity contribution in [3.8, 4) is 11.6 Å². The fourth-order valence-corrected chi connectivity index (χ4v) is 1.78. The Morgan fingerprint density at radius 1 is 1.31 bits per heavy atom. The first-order chi connectivity index (χ1) is 7.67. The number of hydrogen-bond acceptors (Lipinski definition) is 6. The summed E-state index contributed by atoms with van der Waals surface area (Å²) in [5, 5.41) is 7.72. The molecule has 2 heterocycles. The van der Waals surface area contributed by atoms with Gasteiger partial charge in [-0.1, -0.05) is 10.3 Å². The lowest BCUT2D eigenvalue weighted by molar-refractivity contribution is 0.229. The molecule has 6 nitrogen and oxygen atoms in total. The zero-order valence-electron chi connectivity index (χ0n) is 8.93. The summed E-state index contributed by atoms with van der Waals surface area (Å²) in [5.74, 6) is 1.64. The second-order valence-corrected chi connectivity index (χ2v) is 4.26. The van der Waals surface area contributed by atoms with Gasteiger partial charge in [0.05, 0.1) is 5.54 Å². The van der Waals surface area contributed by atoms with Crippen LogP contribution in [0.25, 0.3) is 11.6 Å². The van der Waals surface area contributed by atoms with Gasteiger partial charge in [0.15, 0.2) is 11.5 Å². The van der Waals surface area contributed by atoms with Crippen LogP contribution in [0.4, 0.5) is 0 Å². The Morgan fingerprint density at radius 2 is 2.12 bits per heavy atom. The largest absolute Gasteiger partial charge is 0.361 e. The highest BCUT2D eigenvalue weighted by atomic mass is 16.5. The third-order valence-electron chi connectivity index (χ3n) is 2.96. The first kappa shape index (κ1) is 9.53. The number of hydrogen-bond donors (Lipinski definition) is 1. The van der Waals surface area contributed by atoms with Crippen LogP contribution in [-0.4, -0.2) is 15.3 Å². The van der Waals surface area contributed by atoms with Gasteiger partial charge in [-0.3, -0.25) is 0 Å². The monoisotopic (exact) mass is 220 g/mol. The molecule has 0 amide bonds. The van der Waals surface area contributed by atoms with E-state index in [-0.39, 0.29) is 0 Å². The van der Waals surface area contributed by atoms with Crippen LogP contribution in [0.1, 0.15) is 30.8 Å². The molecule has 1 saturated carbocycles. The summed E-state index contributed by atoms with van der Waals surface area (Å²) in [4.78, 5) is 4.26. The summed E-state index contributed by atoms with van der Waals surface area (Å²) < 4.78 is 10.1. The lowest BCUT2D eigenvalue weighted by atomic mass is 9.77. The zero-order chi connectivity index (χ0) is 11.2. The molecule has 0 atom stereocenters. The van der Waals surface area contributed by atoms with Gasteiger partial charge >= 0.3 is 0 Å². The first-order valence-corrected chi connectivity index (χ1v) is 5.24. The van der Waals surface area contributed by atoms with E-state index in [2.05, 4.69) is 15.3 Å². The van der Waals surface area contributed by atoms with Gasteiger partial charge in [0.2, 0.25) is 0 Å². The van der Waals surface area contributed by atoms with Crippen molar-refractivity contribution in [1.29, 1.82) is 0 Å². The van der Waals surface area contributed by atoms with Crippen LogP contribution in [0.5, 0.6) is 0 Å². The van der Waals surface area contributed by atoms with Crippen LogP contribution >= 0.6 is 0 Å². The van der Waals surface area contributed by atoms with Gasteiger partial charge in [-0.2, -0.15) is 4.98 Å². The molecule has 0 saturated heterocycles. The number of rotatable bonds is 2. The van der Waals surface area contributed by atoms with Crippen LogP contribution < -0.4 is 5.73 Å². The van der Waals surface area contributed by atoms with E-state index in [1.807, 2.05) is 6.92 Å². The van der Waals surface area contributed by atoms with Crippen LogP contribution in [0.15, 0.2) is 15.1 Å². The van der Waals surface area contributed by atoms with Crippen LogP contribution in [-0.2, 0) is 5.54 Å². The quantitative estimate of drug-likeness (QED) is 0.821. The van der Waals surface area contributed by atoms with Gasteiger partial charge < -0.3 is 14.8 Å². The highest BCUT2D eigenvalue weighted by Crippen LogP contribution is 2.37. The molecule has 2 N–H and O–H groups in total. The van der Waals surface area contributed by atoms with Crippen molar-refractivity contribution in [1.82, 2.24) is 15.3 Å². The van der Waals surface area contributed by atoms with E-state index >= 15 is 0 Å². The number of aryl methyl sites for hydroxylation is 1. The molecule has 1 aliphatic rings. The number of nitrogens with two attached hydrogens (primary N) is 1. The predicted octanol–water partition coefficient (Wildman–Crippen LogP) is 1.37. The Bertz CT molecular complexity index is 512. The molecule has 0 unspecified atom stereocenters. The first-order valence-electron chi connectivity index (χ1n) is 5.24. The molecular formula is C10H12N4O2. The maximum absolute atomic E-state index is 6.09. The van der Waals surface area contributed by atoms with Crippen LogP contribution in [0.3, 0.4) is 0 Å². The molecule has 1 fully saturated rings. The lowest BCUT2D eigenvalue weighted by Gasteiger charge is -2.34. The summed E-state index contributed by atoms with van der Waals surface area (Å²) in [6.07, 6.45) is 2.93. The Balaban J connectivity index is 1.93. The molecule has 6 heteroatoms. The maximum atomic E-state index is 6.09. The Hall–Kier alpha value is -1.69. The molecule has 84 valence electrons. The summed E-state index contributed by atoms with van der Waals surface area (Å²) in [6.45, 7) is 1.81. The van der Waals surface area contributed by atoms with Crippen molar-refractivity contribution in [2.24, 2.45) is 5.73 Å². The topological polar surface area (TPSA) is 91.0 Å². The minimum absolute atomic E-state index is 0.364. The summed E-state index contributed by atoms with van der Waals surface area (Å²) in [7, 11) is 0. The second-order valence-electron chi connectivity index (χ2n) is 4.26. The van der Waals surface area contributed by atoms with E-state index in [4.69, 9.17) is 14.8 Å². The molecule has 0 radical (unpaired) electrons. The van der Waals surface area contributed by atoms with Gasteiger partial charge in [-0.25, -0.2) is 0 Å². The molecule has 2 aromatic heterocycles. The van der Waals surface area contributed by atoms with Gasteiger partial charge in [0, 0.05) is 6.07 Å². The standard InChI is InChI=1S/C10H12N4O2/c1-6-5-7(13-15-6)8-12-9(14-16-8)10(11)3-2-4-10/h5H,2-4,11H2,1H3. The van der Waals surface area contributed by atoms with Crippen molar-refractivity contribution >= 4 is 0 Å². The molecule has 0 aromatic carbocycles. The minimum atomic E-state index is -0.402. The zero-order valence-corrected chi connectivity index (χ0v) is 8.93. The molecule has 0 spiro atoms. The summed E-state index contributed by atoms with van der Waals surface area (Å²) in [6, 6.07) is 1.75. The average Bonchev–Trinajstić information content (AvgIpc) is 2.82. The third kappa shape index (κ3) is 1.34. The molecule has 0 aliphatic heterocycles. The van der Waals surface area contributed by atoms with E-state index < -0.39 is 5.54 Å². The second kappa shape index (κ2) is 3.15. The lowest BCUT2D eigenvalue weighted by Crippen LogP contribution is -2.44. The van der Waals surface area contributed by atoms with Crippen LogP contribution in [0, 0.1) is 6.92 Å². The van der Waals surface area contributed by atoms with E-state index in [1.54, 1.807) is 6.07 Å². The smallest absolute Gasteiger partial charge is 0.280 e. The molecule has 0 bridgehead atoms. The van der Waals surface area contributed by atoms with Gasteiger partial charge in [-0.15, -0.1) is 0 Å². The highest BCUT2D eigenvalue weighted by Gasteiger charge is 2.39. The van der Waals surface area contributed by atoms with Crippen LogP contribution in [0.2, 0.25) is 0 Å². The molecule has 16 heavy (non-hydrogen) atoms. The Morgan fingerprint density at radius 3 is 2.69 bits per heavy atom. The summed E-state index contributed by atoms with van der Waals surface area (Å²) >= 11 is 0. The van der Waals surface area contributed by atoms with E-state index in [1.165, 1.54) is 0 Å². The fourth-order valence-electron chi connectivity index (χ4n) is 1.78. The predicted molar refractivity (Wildman–Crippen MR) is 54.2 cm³/mol. The van der Waals surface area contributed by atoms with E-state index in [0.717, 1.165) is 19.3 Å². The molecule has 1 aliphatic carbocycles. The SMILES string of the molecule is Cc1cc(-c2nc(C3(N)CCC3)no2)no1. The highest BCUT2D eigenvalue weighted by molar-refractivity contribution is 5.45. The van der Waals surface area contributed by atoms with Crippen molar-refractivity contribution in [3.05, 3.63) is 17.7 Å².